The van der Waals surface area contributed by atoms with E-state index in [1.807, 2.05) is 23.1 Å². The first-order valence-electron chi connectivity index (χ1n) is 8.94. The van der Waals surface area contributed by atoms with Crippen LogP contribution in [0.25, 0.3) is 0 Å². The van der Waals surface area contributed by atoms with Crippen molar-refractivity contribution in [1.82, 2.24) is 4.90 Å². The summed E-state index contributed by atoms with van der Waals surface area (Å²) in [6.07, 6.45) is 1.95. The van der Waals surface area contributed by atoms with Crippen LogP contribution in [0.15, 0.2) is 35.3 Å². The Morgan fingerprint density at radius 3 is 2.81 bits per heavy atom. The van der Waals surface area contributed by atoms with Crippen LogP contribution in [-0.2, 0) is 25.8 Å². The highest BCUT2D eigenvalue weighted by molar-refractivity contribution is 8.15. The van der Waals surface area contributed by atoms with E-state index in [0.29, 0.717) is 24.7 Å². The van der Waals surface area contributed by atoms with Crippen LogP contribution >= 0.6 is 11.8 Å². The highest BCUT2D eigenvalue weighted by atomic mass is 32.2. The summed E-state index contributed by atoms with van der Waals surface area (Å²) in [5.74, 6) is 0.0710. The number of fused-ring (bicyclic) bond motifs is 1. The molecule has 3 unspecified atom stereocenters. The average molecular weight is 395 g/mol. The summed E-state index contributed by atoms with van der Waals surface area (Å²) in [6, 6.07) is 9.98. The SMILES string of the molecule is O=C(N=C1SC2CS(=O)(=O)CC2N1CCc1ccccc1)C1CCCO1. The molecule has 0 N–H and O–H groups in total. The summed E-state index contributed by atoms with van der Waals surface area (Å²) in [5.41, 5.74) is 1.19. The van der Waals surface area contributed by atoms with Gasteiger partial charge in [-0.1, -0.05) is 42.1 Å². The molecule has 0 radical (unpaired) electrons. The number of amidine groups is 1. The van der Waals surface area contributed by atoms with Gasteiger partial charge in [-0.25, -0.2) is 8.42 Å². The summed E-state index contributed by atoms with van der Waals surface area (Å²) in [4.78, 5) is 18.8. The Morgan fingerprint density at radius 2 is 2.08 bits per heavy atom. The molecule has 8 heteroatoms. The second-order valence-electron chi connectivity index (χ2n) is 6.96. The lowest BCUT2D eigenvalue weighted by atomic mass is 10.1. The van der Waals surface area contributed by atoms with E-state index >= 15 is 0 Å². The number of aliphatic imine (C=N–C) groups is 1. The smallest absolute Gasteiger partial charge is 0.277 e. The molecule has 0 aromatic heterocycles. The molecular weight excluding hydrogens is 372 g/mol. The van der Waals surface area contributed by atoms with Crippen molar-refractivity contribution in [3.63, 3.8) is 0 Å². The van der Waals surface area contributed by atoms with Crippen molar-refractivity contribution in [2.45, 2.75) is 36.7 Å². The Kier molecular flexibility index (Phi) is 5.07. The number of carbonyl (C=O) groups is 1. The fourth-order valence-corrected chi connectivity index (χ4v) is 7.71. The first-order valence-corrected chi connectivity index (χ1v) is 11.6. The third kappa shape index (κ3) is 3.82. The van der Waals surface area contributed by atoms with Gasteiger partial charge in [-0.3, -0.25) is 4.79 Å². The lowest BCUT2D eigenvalue weighted by molar-refractivity contribution is -0.126. The molecule has 4 rings (SSSR count). The zero-order valence-corrected chi connectivity index (χ0v) is 16.0. The Morgan fingerprint density at radius 1 is 1.27 bits per heavy atom. The van der Waals surface area contributed by atoms with Crippen LogP contribution in [0, 0.1) is 0 Å². The van der Waals surface area contributed by atoms with Crippen molar-refractivity contribution in [3.8, 4) is 0 Å². The van der Waals surface area contributed by atoms with Crippen LogP contribution in [0.3, 0.4) is 0 Å². The quantitative estimate of drug-likeness (QED) is 0.770. The van der Waals surface area contributed by atoms with E-state index in [4.69, 9.17) is 4.74 Å². The number of amides is 1. The maximum absolute atomic E-state index is 12.4. The molecule has 3 aliphatic rings. The van der Waals surface area contributed by atoms with Gasteiger partial charge in [-0.05, 0) is 24.8 Å². The predicted octanol–water partition coefficient (Wildman–Crippen LogP) is 1.51. The summed E-state index contributed by atoms with van der Waals surface area (Å²) in [6.45, 7) is 1.26. The summed E-state index contributed by atoms with van der Waals surface area (Å²) < 4.78 is 29.5. The highest BCUT2D eigenvalue weighted by Gasteiger charge is 2.48. The lowest BCUT2D eigenvalue weighted by Crippen LogP contribution is -2.39. The number of benzene rings is 1. The Hall–Kier alpha value is -1.38. The number of sulfone groups is 1. The third-order valence-corrected chi connectivity index (χ3v) is 8.32. The van der Waals surface area contributed by atoms with E-state index in [9.17, 15) is 13.2 Å². The van der Waals surface area contributed by atoms with Crippen LogP contribution < -0.4 is 0 Å². The van der Waals surface area contributed by atoms with Gasteiger partial charge in [0.15, 0.2) is 15.0 Å². The Bertz CT molecular complexity index is 804. The standard InChI is InChI=1S/C18H22N2O4S2/c21-17(15-7-4-10-24-15)19-18-20(9-8-13-5-2-1-3-6-13)14-11-26(22,23)12-16(14)25-18/h1-3,5-6,14-16H,4,7-12H2. The molecule has 3 aliphatic heterocycles. The minimum atomic E-state index is -3.02. The second-order valence-corrected chi connectivity index (χ2v) is 10.3. The number of nitrogens with zero attached hydrogens (tertiary/aromatic N) is 2. The second kappa shape index (κ2) is 7.32. The van der Waals surface area contributed by atoms with Crippen LogP contribution in [0.4, 0.5) is 0 Å². The molecule has 1 aromatic carbocycles. The zero-order chi connectivity index (χ0) is 18.1. The van der Waals surface area contributed by atoms with Crippen LogP contribution in [0.2, 0.25) is 0 Å². The molecule has 26 heavy (non-hydrogen) atoms. The van der Waals surface area contributed by atoms with Crippen molar-refractivity contribution in [1.29, 1.82) is 0 Å². The van der Waals surface area contributed by atoms with Gasteiger partial charge >= 0.3 is 0 Å². The Balaban J connectivity index is 1.53. The summed E-state index contributed by atoms with van der Waals surface area (Å²) in [7, 11) is -3.02. The Labute approximate surface area is 157 Å². The van der Waals surface area contributed by atoms with Gasteiger partial charge in [0.2, 0.25) is 0 Å². The molecule has 3 atom stereocenters. The van der Waals surface area contributed by atoms with Crippen molar-refractivity contribution in [3.05, 3.63) is 35.9 Å². The van der Waals surface area contributed by atoms with Crippen LogP contribution in [0.5, 0.6) is 0 Å². The number of hydrogen-bond acceptors (Lipinski definition) is 5. The lowest BCUT2D eigenvalue weighted by Gasteiger charge is -2.24. The molecule has 0 aliphatic carbocycles. The first kappa shape index (κ1) is 18.0. The van der Waals surface area contributed by atoms with Gasteiger partial charge in [-0.2, -0.15) is 4.99 Å². The van der Waals surface area contributed by atoms with Crippen molar-refractivity contribution in [2.24, 2.45) is 4.99 Å². The molecule has 3 fully saturated rings. The number of rotatable bonds is 4. The fourth-order valence-electron chi connectivity index (χ4n) is 3.73. The highest BCUT2D eigenvalue weighted by Crippen LogP contribution is 2.38. The van der Waals surface area contributed by atoms with E-state index in [-0.39, 0.29) is 28.7 Å². The minimum absolute atomic E-state index is 0.0354. The van der Waals surface area contributed by atoms with Gasteiger partial charge in [0.05, 0.1) is 17.5 Å². The molecule has 0 saturated carbocycles. The first-order chi connectivity index (χ1) is 12.5. The third-order valence-electron chi connectivity index (χ3n) is 5.07. The topological polar surface area (TPSA) is 76.0 Å². The molecular formula is C18H22N2O4S2. The van der Waals surface area contributed by atoms with Gasteiger partial charge in [0, 0.05) is 18.4 Å². The van der Waals surface area contributed by atoms with Gasteiger partial charge in [0.25, 0.3) is 5.91 Å². The van der Waals surface area contributed by atoms with E-state index < -0.39 is 15.9 Å². The van der Waals surface area contributed by atoms with E-state index in [1.165, 1.54) is 17.3 Å². The van der Waals surface area contributed by atoms with Crippen molar-refractivity contribution in [2.75, 3.05) is 24.7 Å². The zero-order valence-electron chi connectivity index (χ0n) is 14.4. The molecule has 0 spiro atoms. The molecule has 3 heterocycles. The van der Waals surface area contributed by atoms with Gasteiger partial charge in [-0.15, -0.1) is 0 Å². The number of ether oxygens (including phenoxy) is 1. The van der Waals surface area contributed by atoms with E-state index in [0.717, 1.165) is 12.8 Å². The molecule has 1 amide bonds. The number of thioether (sulfide) groups is 1. The van der Waals surface area contributed by atoms with Crippen LogP contribution in [-0.4, -0.2) is 66.4 Å². The summed E-state index contributed by atoms with van der Waals surface area (Å²) >= 11 is 1.43. The van der Waals surface area contributed by atoms with Gasteiger partial charge in [0.1, 0.15) is 6.10 Å². The van der Waals surface area contributed by atoms with Crippen molar-refractivity contribution >= 4 is 32.7 Å². The maximum Gasteiger partial charge on any atom is 0.277 e. The fraction of sp³-hybridized carbons (Fsp3) is 0.556. The molecule has 6 nitrogen and oxygen atoms in total. The maximum atomic E-state index is 12.4. The molecule has 0 bridgehead atoms. The van der Waals surface area contributed by atoms with Crippen molar-refractivity contribution < 1.29 is 17.9 Å². The largest absolute Gasteiger partial charge is 0.368 e. The van der Waals surface area contributed by atoms with E-state index in [1.54, 1.807) is 0 Å². The number of carbonyl (C=O) groups excluding carboxylic acids is 1. The predicted molar refractivity (Wildman–Crippen MR) is 102 cm³/mol. The minimum Gasteiger partial charge on any atom is -0.368 e. The van der Waals surface area contributed by atoms with Gasteiger partial charge < -0.3 is 9.64 Å². The monoisotopic (exact) mass is 394 g/mol. The molecule has 3 saturated heterocycles. The van der Waals surface area contributed by atoms with Crippen LogP contribution in [0.1, 0.15) is 18.4 Å². The van der Waals surface area contributed by atoms with E-state index in [2.05, 4.69) is 17.1 Å². The molecule has 1 aromatic rings. The average Bonchev–Trinajstić information content (AvgIpc) is 3.29. The summed E-state index contributed by atoms with van der Waals surface area (Å²) in [5, 5.41) is 0.623. The number of hydrogen-bond donors (Lipinski definition) is 0. The molecule has 140 valence electrons. The normalized spacial score (nSPS) is 31.5.